The standard InChI is InChI=1S/C20H36O3Si/c1-16(2)24(17(3)4,18(5)6)23-15-20(21)12-13-22-14-19-10-8-7-9-11-19/h7-11,16-18,20-21H,12-15H2,1-6H3/t20-/m0/s1. The average Bonchev–Trinajstić information content (AvgIpc) is 2.52. The third kappa shape index (κ3) is 5.99. The van der Waals surface area contributed by atoms with E-state index in [9.17, 15) is 5.11 Å². The summed E-state index contributed by atoms with van der Waals surface area (Å²) in [7, 11) is -1.89. The van der Waals surface area contributed by atoms with E-state index in [0.29, 0.717) is 42.9 Å². The summed E-state index contributed by atoms with van der Waals surface area (Å²) < 4.78 is 12.1. The molecule has 0 saturated heterocycles. The SMILES string of the molecule is CC(C)[Si](OC[C@@H](O)CCOCc1ccccc1)(C(C)C)C(C)C. The lowest BCUT2D eigenvalue weighted by atomic mass is 10.2. The second-order valence-corrected chi connectivity index (χ2v) is 13.1. The summed E-state index contributed by atoms with van der Waals surface area (Å²) in [5, 5.41) is 10.3. The van der Waals surface area contributed by atoms with Gasteiger partial charge in [0.15, 0.2) is 8.32 Å². The van der Waals surface area contributed by atoms with Crippen LogP contribution in [0, 0.1) is 0 Å². The highest BCUT2D eigenvalue weighted by atomic mass is 28.4. The number of hydrogen-bond acceptors (Lipinski definition) is 3. The topological polar surface area (TPSA) is 38.7 Å². The van der Waals surface area contributed by atoms with Crippen LogP contribution in [0.5, 0.6) is 0 Å². The molecule has 0 heterocycles. The zero-order valence-electron chi connectivity index (χ0n) is 16.3. The third-order valence-electron chi connectivity index (χ3n) is 4.94. The predicted octanol–water partition coefficient (Wildman–Crippen LogP) is 5.15. The molecule has 0 spiro atoms. The Morgan fingerprint density at radius 3 is 1.96 bits per heavy atom. The number of benzene rings is 1. The molecule has 1 aromatic rings. The summed E-state index contributed by atoms with van der Waals surface area (Å²) >= 11 is 0. The first kappa shape index (κ1) is 21.4. The molecular weight excluding hydrogens is 316 g/mol. The quantitative estimate of drug-likeness (QED) is 0.442. The number of ether oxygens (including phenoxy) is 1. The lowest BCUT2D eigenvalue weighted by Gasteiger charge is -2.42. The first-order valence-corrected chi connectivity index (χ1v) is 11.4. The van der Waals surface area contributed by atoms with Gasteiger partial charge in [0.1, 0.15) is 0 Å². The Balaban J connectivity index is 2.39. The molecule has 3 nitrogen and oxygen atoms in total. The van der Waals surface area contributed by atoms with Gasteiger partial charge in [-0.2, -0.15) is 0 Å². The first-order chi connectivity index (χ1) is 11.3. The predicted molar refractivity (Wildman–Crippen MR) is 104 cm³/mol. The van der Waals surface area contributed by atoms with Crippen molar-refractivity contribution in [1.82, 2.24) is 0 Å². The summed E-state index contributed by atoms with van der Waals surface area (Å²) in [5.74, 6) is 0. The largest absolute Gasteiger partial charge is 0.413 e. The maximum Gasteiger partial charge on any atom is 0.200 e. The van der Waals surface area contributed by atoms with Gasteiger partial charge in [-0.25, -0.2) is 0 Å². The van der Waals surface area contributed by atoms with E-state index in [4.69, 9.17) is 9.16 Å². The average molecular weight is 353 g/mol. The first-order valence-electron chi connectivity index (χ1n) is 9.24. The van der Waals surface area contributed by atoms with Crippen molar-refractivity contribution in [2.45, 2.75) is 77.3 Å². The third-order valence-corrected chi connectivity index (χ3v) is 11.0. The summed E-state index contributed by atoms with van der Waals surface area (Å²) in [6.07, 6.45) is 0.162. The Kier molecular flexibility index (Phi) is 9.20. The van der Waals surface area contributed by atoms with E-state index in [-0.39, 0.29) is 0 Å². The molecule has 1 rings (SSSR count). The van der Waals surface area contributed by atoms with Crippen molar-refractivity contribution < 1.29 is 14.3 Å². The highest BCUT2D eigenvalue weighted by Crippen LogP contribution is 2.42. The molecule has 1 atom stereocenters. The molecule has 1 N–H and O–H groups in total. The van der Waals surface area contributed by atoms with E-state index < -0.39 is 14.4 Å². The van der Waals surface area contributed by atoms with E-state index in [1.165, 1.54) is 0 Å². The Morgan fingerprint density at radius 1 is 0.917 bits per heavy atom. The monoisotopic (exact) mass is 352 g/mol. The van der Waals surface area contributed by atoms with E-state index >= 15 is 0 Å². The van der Waals surface area contributed by atoms with Crippen LogP contribution >= 0.6 is 0 Å². The van der Waals surface area contributed by atoms with Gasteiger partial charge in [-0.15, -0.1) is 0 Å². The van der Waals surface area contributed by atoms with Crippen LogP contribution in [0.15, 0.2) is 30.3 Å². The molecule has 0 saturated carbocycles. The van der Waals surface area contributed by atoms with E-state index in [1.807, 2.05) is 30.3 Å². The van der Waals surface area contributed by atoms with Gasteiger partial charge >= 0.3 is 0 Å². The molecule has 24 heavy (non-hydrogen) atoms. The summed E-state index contributed by atoms with van der Waals surface area (Å²) in [6.45, 7) is 15.2. The molecule has 0 fully saturated rings. The normalized spacial score (nSPS) is 13.9. The molecule has 4 heteroatoms. The smallest absolute Gasteiger partial charge is 0.200 e. The molecule has 0 radical (unpaired) electrons. The maximum atomic E-state index is 10.3. The number of hydrogen-bond donors (Lipinski definition) is 1. The second kappa shape index (κ2) is 10.3. The van der Waals surface area contributed by atoms with Gasteiger partial charge in [-0.05, 0) is 28.6 Å². The van der Waals surface area contributed by atoms with Gasteiger partial charge in [0, 0.05) is 6.61 Å². The van der Waals surface area contributed by atoms with Gasteiger partial charge in [0.05, 0.1) is 19.3 Å². The Hall–Kier alpha value is -0.683. The van der Waals surface area contributed by atoms with Crippen LogP contribution in [0.25, 0.3) is 0 Å². The minimum Gasteiger partial charge on any atom is -0.413 e. The zero-order chi connectivity index (χ0) is 18.2. The van der Waals surface area contributed by atoms with Crippen molar-refractivity contribution in [3.8, 4) is 0 Å². The van der Waals surface area contributed by atoms with Gasteiger partial charge in [-0.1, -0.05) is 71.9 Å². The Labute approximate surface area is 149 Å². The fraction of sp³-hybridized carbons (Fsp3) is 0.700. The summed E-state index contributed by atoms with van der Waals surface area (Å²) in [5.41, 5.74) is 2.78. The summed E-state index contributed by atoms with van der Waals surface area (Å²) in [6, 6.07) is 10.1. The molecule has 138 valence electrons. The van der Waals surface area contributed by atoms with E-state index in [1.54, 1.807) is 0 Å². The highest BCUT2D eigenvalue weighted by Gasteiger charge is 2.45. The van der Waals surface area contributed by atoms with Crippen molar-refractivity contribution in [2.75, 3.05) is 13.2 Å². The van der Waals surface area contributed by atoms with Crippen molar-refractivity contribution in [3.05, 3.63) is 35.9 Å². The molecular formula is C20H36O3Si. The molecule has 1 aromatic carbocycles. The van der Waals surface area contributed by atoms with Crippen LogP contribution in [-0.2, 0) is 15.8 Å². The number of rotatable bonds is 11. The van der Waals surface area contributed by atoms with Gasteiger partial charge < -0.3 is 14.3 Å². The van der Waals surface area contributed by atoms with Crippen LogP contribution in [-0.4, -0.2) is 32.7 Å². The van der Waals surface area contributed by atoms with Crippen LogP contribution in [0.3, 0.4) is 0 Å². The van der Waals surface area contributed by atoms with Crippen molar-refractivity contribution in [2.24, 2.45) is 0 Å². The molecule has 0 aromatic heterocycles. The lowest BCUT2D eigenvalue weighted by molar-refractivity contribution is 0.0454. The van der Waals surface area contributed by atoms with Crippen LogP contribution in [0.1, 0.15) is 53.5 Å². The Morgan fingerprint density at radius 2 is 1.46 bits per heavy atom. The van der Waals surface area contributed by atoms with Crippen LogP contribution in [0.4, 0.5) is 0 Å². The van der Waals surface area contributed by atoms with Crippen molar-refractivity contribution in [1.29, 1.82) is 0 Å². The second-order valence-electron chi connectivity index (χ2n) is 7.61. The van der Waals surface area contributed by atoms with Crippen molar-refractivity contribution in [3.63, 3.8) is 0 Å². The fourth-order valence-electron chi connectivity index (χ4n) is 3.81. The molecule has 0 aliphatic carbocycles. The molecule has 0 bridgehead atoms. The maximum absolute atomic E-state index is 10.3. The van der Waals surface area contributed by atoms with Crippen LogP contribution in [0.2, 0.25) is 16.6 Å². The molecule has 0 aliphatic rings. The molecule has 0 aliphatic heterocycles. The van der Waals surface area contributed by atoms with E-state index in [2.05, 4.69) is 41.5 Å². The van der Waals surface area contributed by atoms with Crippen LogP contribution < -0.4 is 0 Å². The lowest BCUT2D eigenvalue weighted by Crippen LogP contribution is -2.49. The Bertz CT molecular complexity index is 424. The van der Waals surface area contributed by atoms with E-state index in [0.717, 1.165) is 5.56 Å². The van der Waals surface area contributed by atoms with Crippen molar-refractivity contribution >= 4 is 8.32 Å². The zero-order valence-corrected chi connectivity index (χ0v) is 17.3. The highest BCUT2D eigenvalue weighted by molar-refractivity contribution is 6.77. The molecule has 0 amide bonds. The minimum atomic E-state index is -1.89. The van der Waals surface area contributed by atoms with Gasteiger partial charge in [0.25, 0.3) is 0 Å². The van der Waals surface area contributed by atoms with Gasteiger partial charge in [0.2, 0.25) is 0 Å². The number of aliphatic hydroxyl groups excluding tert-OH is 1. The number of aliphatic hydroxyl groups is 1. The minimum absolute atomic E-state index is 0.426. The fourth-order valence-corrected chi connectivity index (χ4v) is 9.29. The molecule has 0 unspecified atom stereocenters. The summed E-state index contributed by atoms with van der Waals surface area (Å²) in [4.78, 5) is 0. The van der Waals surface area contributed by atoms with Gasteiger partial charge in [-0.3, -0.25) is 0 Å².